The molecule has 0 saturated carbocycles. The highest BCUT2D eigenvalue weighted by Crippen LogP contribution is 2.13. The van der Waals surface area contributed by atoms with Crippen LogP contribution >= 0.6 is 0 Å². The second-order valence-electron chi connectivity index (χ2n) is 5.34. The van der Waals surface area contributed by atoms with Crippen molar-refractivity contribution in [2.45, 2.75) is 13.1 Å². The Bertz CT molecular complexity index is 798. The minimum Gasteiger partial charge on any atom is -0.468 e. The fourth-order valence-corrected chi connectivity index (χ4v) is 2.31. The molecule has 0 aliphatic carbocycles. The van der Waals surface area contributed by atoms with Gasteiger partial charge >= 0.3 is 0 Å². The highest BCUT2D eigenvalue weighted by atomic mass is 19.1. The van der Waals surface area contributed by atoms with Crippen LogP contribution in [0.3, 0.4) is 0 Å². The number of furan rings is 1. The van der Waals surface area contributed by atoms with Crippen molar-refractivity contribution in [1.29, 1.82) is 0 Å². The summed E-state index contributed by atoms with van der Waals surface area (Å²) in [6, 6.07) is 16.8. The quantitative estimate of drug-likeness (QED) is 0.721. The van der Waals surface area contributed by atoms with Gasteiger partial charge in [0.05, 0.1) is 12.8 Å². The zero-order valence-corrected chi connectivity index (χ0v) is 13.0. The molecule has 0 unspecified atom stereocenters. The summed E-state index contributed by atoms with van der Waals surface area (Å²) < 4.78 is 18.2. The molecule has 0 spiro atoms. The van der Waals surface area contributed by atoms with Crippen LogP contribution in [0.25, 0.3) is 0 Å². The van der Waals surface area contributed by atoms with Crippen LogP contribution in [-0.4, -0.2) is 5.91 Å². The summed E-state index contributed by atoms with van der Waals surface area (Å²) in [7, 11) is 0. The first-order valence-electron chi connectivity index (χ1n) is 7.60. The van der Waals surface area contributed by atoms with Crippen LogP contribution in [-0.2, 0) is 13.1 Å². The summed E-state index contributed by atoms with van der Waals surface area (Å²) in [5.41, 5.74) is 2.15. The van der Waals surface area contributed by atoms with Gasteiger partial charge in [-0.1, -0.05) is 12.1 Å². The molecule has 1 heterocycles. The Kier molecular flexibility index (Phi) is 5.03. The number of benzene rings is 2. The topological polar surface area (TPSA) is 54.3 Å². The van der Waals surface area contributed by atoms with E-state index in [-0.39, 0.29) is 11.7 Å². The number of nitrogens with one attached hydrogen (secondary N) is 2. The third-order valence-electron chi connectivity index (χ3n) is 3.50. The third kappa shape index (κ3) is 4.30. The summed E-state index contributed by atoms with van der Waals surface area (Å²) in [6.07, 6.45) is 1.64. The van der Waals surface area contributed by atoms with Crippen molar-refractivity contribution in [2.75, 3.05) is 5.32 Å². The molecule has 2 aromatic carbocycles. The van der Waals surface area contributed by atoms with Gasteiger partial charge in [0, 0.05) is 17.8 Å². The number of carbonyl (C=O) groups excluding carboxylic acids is 1. The summed E-state index contributed by atoms with van der Waals surface area (Å²) in [5.74, 6) is 0.239. The number of amides is 1. The van der Waals surface area contributed by atoms with E-state index in [1.807, 2.05) is 36.4 Å². The number of hydrogen-bond donors (Lipinski definition) is 2. The summed E-state index contributed by atoms with van der Waals surface area (Å²) in [4.78, 5) is 12.1. The van der Waals surface area contributed by atoms with E-state index in [0.717, 1.165) is 11.3 Å². The normalized spacial score (nSPS) is 10.5. The minimum absolute atomic E-state index is 0.268. The van der Waals surface area contributed by atoms with Crippen LogP contribution in [0.4, 0.5) is 10.1 Å². The zero-order chi connectivity index (χ0) is 16.8. The number of anilines is 1. The molecule has 1 amide bonds. The lowest BCUT2D eigenvalue weighted by Gasteiger charge is -2.08. The van der Waals surface area contributed by atoms with E-state index in [0.29, 0.717) is 24.3 Å². The molecule has 122 valence electrons. The molecule has 3 aromatic rings. The van der Waals surface area contributed by atoms with Crippen LogP contribution in [0, 0.1) is 5.82 Å². The lowest BCUT2D eigenvalue weighted by molar-refractivity contribution is 0.102. The predicted octanol–water partition coefficient (Wildman–Crippen LogP) is 3.96. The first-order valence-corrected chi connectivity index (χ1v) is 7.60. The van der Waals surface area contributed by atoms with Crippen molar-refractivity contribution in [1.82, 2.24) is 5.32 Å². The van der Waals surface area contributed by atoms with Gasteiger partial charge in [-0.15, -0.1) is 0 Å². The van der Waals surface area contributed by atoms with E-state index in [4.69, 9.17) is 4.42 Å². The maximum atomic E-state index is 12.9. The molecule has 24 heavy (non-hydrogen) atoms. The maximum absolute atomic E-state index is 12.9. The average Bonchev–Trinajstić information content (AvgIpc) is 3.09. The smallest absolute Gasteiger partial charge is 0.255 e. The minimum atomic E-state index is -0.365. The Morgan fingerprint density at radius 2 is 1.83 bits per heavy atom. The van der Waals surface area contributed by atoms with Crippen molar-refractivity contribution in [3.8, 4) is 0 Å². The molecule has 0 fully saturated rings. The Labute approximate surface area is 139 Å². The van der Waals surface area contributed by atoms with E-state index in [1.54, 1.807) is 6.26 Å². The lowest BCUT2D eigenvalue weighted by atomic mass is 10.1. The molecule has 4 nitrogen and oxygen atoms in total. The number of hydrogen-bond acceptors (Lipinski definition) is 3. The van der Waals surface area contributed by atoms with Gasteiger partial charge in [-0.05, 0) is 54.1 Å². The van der Waals surface area contributed by atoms with E-state index >= 15 is 0 Å². The van der Waals surface area contributed by atoms with Crippen LogP contribution in [0.1, 0.15) is 21.7 Å². The van der Waals surface area contributed by atoms with Crippen molar-refractivity contribution < 1.29 is 13.6 Å². The van der Waals surface area contributed by atoms with Gasteiger partial charge in [-0.3, -0.25) is 4.79 Å². The number of rotatable bonds is 6. The molecular weight excluding hydrogens is 307 g/mol. The monoisotopic (exact) mass is 324 g/mol. The molecule has 0 saturated heterocycles. The molecule has 5 heteroatoms. The molecule has 0 radical (unpaired) electrons. The van der Waals surface area contributed by atoms with Gasteiger partial charge in [0.15, 0.2) is 0 Å². The van der Waals surface area contributed by atoms with Crippen molar-refractivity contribution >= 4 is 11.6 Å². The van der Waals surface area contributed by atoms with Crippen LogP contribution in [0.15, 0.2) is 71.3 Å². The average molecular weight is 324 g/mol. The van der Waals surface area contributed by atoms with Crippen molar-refractivity contribution in [2.24, 2.45) is 0 Å². The standard InChI is InChI=1S/C19H17FN2O2/c20-16-8-6-15(7-9-16)19(23)22-17-4-1-3-14(11-17)12-21-13-18-5-2-10-24-18/h1-11,21H,12-13H2,(H,22,23). The van der Waals surface area contributed by atoms with Crippen LogP contribution in [0.5, 0.6) is 0 Å². The Morgan fingerprint density at radius 3 is 2.58 bits per heavy atom. The SMILES string of the molecule is O=C(Nc1cccc(CNCc2ccco2)c1)c1ccc(F)cc1. The largest absolute Gasteiger partial charge is 0.468 e. The van der Waals surface area contributed by atoms with Gasteiger partial charge in [-0.25, -0.2) is 4.39 Å². The predicted molar refractivity (Wildman–Crippen MR) is 90.0 cm³/mol. The molecule has 1 aromatic heterocycles. The van der Waals surface area contributed by atoms with Gasteiger partial charge in [-0.2, -0.15) is 0 Å². The zero-order valence-electron chi connectivity index (χ0n) is 13.0. The second kappa shape index (κ2) is 7.57. The Morgan fingerprint density at radius 1 is 1.00 bits per heavy atom. The van der Waals surface area contributed by atoms with E-state index in [2.05, 4.69) is 10.6 Å². The second-order valence-corrected chi connectivity index (χ2v) is 5.34. The molecular formula is C19H17FN2O2. The third-order valence-corrected chi connectivity index (χ3v) is 3.50. The van der Waals surface area contributed by atoms with Crippen LogP contribution in [0.2, 0.25) is 0 Å². The molecule has 0 aliphatic rings. The molecule has 0 atom stereocenters. The van der Waals surface area contributed by atoms with E-state index < -0.39 is 0 Å². The summed E-state index contributed by atoms with van der Waals surface area (Å²) >= 11 is 0. The lowest BCUT2D eigenvalue weighted by Crippen LogP contribution is -2.14. The molecule has 0 aliphatic heterocycles. The van der Waals surface area contributed by atoms with E-state index in [1.165, 1.54) is 24.3 Å². The molecule has 2 N–H and O–H groups in total. The van der Waals surface area contributed by atoms with Gasteiger partial charge in [0.2, 0.25) is 0 Å². The summed E-state index contributed by atoms with van der Waals surface area (Å²) in [6.45, 7) is 1.29. The fraction of sp³-hybridized carbons (Fsp3) is 0.105. The van der Waals surface area contributed by atoms with Crippen molar-refractivity contribution in [3.05, 3.63) is 89.6 Å². The van der Waals surface area contributed by atoms with Crippen LogP contribution < -0.4 is 10.6 Å². The number of halogens is 1. The first kappa shape index (κ1) is 16.0. The fourth-order valence-electron chi connectivity index (χ4n) is 2.31. The number of carbonyl (C=O) groups is 1. The first-order chi connectivity index (χ1) is 11.7. The van der Waals surface area contributed by atoms with Gasteiger partial charge in [0.25, 0.3) is 5.91 Å². The Hall–Kier alpha value is -2.92. The van der Waals surface area contributed by atoms with Gasteiger partial charge in [0.1, 0.15) is 11.6 Å². The Balaban J connectivity index is 1.58. The molecule has 3 rings (SSSR count). The van der Waals surface area contributed by atoms with Crippen molar-refractivity contribution in [3.63, 3.8) is 0 Å². The van der Waals surface area contributed by atoms with Gasteiger partial charge < -0.3 is 15.1 Å². The maximum Gasteiger partial charge on any atom is 0.255 e. The van der Waals surface area contributed by atoms with E-state index in [9.17, 15) is 9.18 Å². The summed E-state index contributed by atoms with van der Waals surface area (Å²) in [5, 5.41) is 6.09. The highest BCUT2D eigenvalue weighted by molar-refractivity contribution is 6.04. The highest BCUT2D eigenvalue weighted by Gasteiger charge is 2.06. The molecule has 0 bridgehead atoms.